The van der Waals surface area contributed by atoms with Crippen LogP contribution in [-0.2, 0) is 27.5 Å². The number of rotatable bonds is 14. The van der Waals surface area contributed by atoms with E-state index in [1.807, 2.05) is 0 Å². The number of aliphatic carboxylic acids is 2. The van der Waals surface area contributed by atoms with E-state index in [1.54, 1.807) is 0 Å². The van der Waals surface area contributed by atoms with Gasteiger partial charge in [-0.1, -0.05) is 25.4 Å². The standard InChI is InChI=1S/C30H30ClF2NO10S/c1-13(29(38)39)7-18(35)20-10-15-9-19(25(37)22(31)28(15)45-20)43-5-4-6-44-27-24(33)17-12-34(21(36)8-14(2)30(40)41)11-16(17)23(32)26(27)42-3/h9-10,13-14,37H,4-8,11-12H2,1-3H3,(H,38,39)(H,40,41)/t13-,14-/m0/s1. The van der Waals surface area contributed by atoms with Crippen LogP contribution in [0.1, 0.15) is 53.9 Å². The zero-order valence-corrected chi connectivity index (χ0v) is 26.0. The minimum Gasteiger partial charge on any atom is -0.503 e. The first-order valence-corrected chi connectivity index (χ1v) is 15.0. The third kappa shape index (κ3) is 7.06. The first-order chi connectivity index (χ1) is 21.2. The number of carbonyl (C=O) groups excluding carboxylic acids is 2. The molecule has 3 N–H and O–H groups in total. The van der Waals surface area contributed by atoms with Gasteiger partial charge in [-0.15, -0.1) is 11.3 Å². The lowest BCUT2D eigenvalue weighted by Crippen LogP contribution is -2.28. The monoisotopic (exact) mass is 669 g/mol. The van der Waals surface area contributed by atoms with Gasteiger partial charge in [0.2, 0.25) is 11.7 Å². The highest BCUT2D eigenvalue weighted by Crippen LogP contribution is 2.45. The van der Waals surface area contributed by atoms with E-state index in [-0.39, 0.29) is 83.9 Å². The second-order valence-electron chi connectivity index (χ2n) is 10.6. The summed E-state index contributed by atoms with van der Waals surface area (Å²) in [5.41, 5.74) is -0.163. The Morgan fingerprint density at radius 3 is 2.13 bits per heavy atom. The zero-order chi connectivity index (χ0) is 33.2. The van der Waals surface area contributed by atoms with E-state index in [0.717, 1.165) is 18.4 Å². The van der Waals surface area contributed by atoms with Crippen LogP contribution in [0.15, 0.2) is 12.1 Å². The molecule has 0 unspecified atom stereocenters. The van der Waals surface area contributed by atoms with Crippen LogP contribution in [0, 0.1) is 23.5 Å². The Hall–Kier alpha value is -4.17. The van der Waals surface area contributed by atoms with Crippen molar-refractivity contribution in [3.63, 3.8) is 0 Å². The number of methoxy groups -OCH3 is 1. The lowest BCUT2D eigenvalue weighted by Gasteiger charge is -2.16. The number of nitrogens with zero attached hydrogens (tertiary/aromatic N) is 1. The Morgan fingerprint density at radius 2 is 1.53 bits per heavy atom. The second kappa shape index (κ2) is 13.9. The number of carboxylic acids is 2. The van der Waals surface area contributed by atoms with Gasteiger partial charge in [-0.25, -0.2) is 8.78 Å². The van der Waals surface area contributed by atoms with E-state index in [2.05, 4.69) is 0 Å². The van der Waals surface area contributed by atoms with Crippen molar-refractivity contribution in [3.05, 3.63) is 44.8 Å². The minimum absolute atomic E-state index is 0.0116. The van der Waals surface area contributed by atoms with Crippen LogP contribution in [-0.4, -0.2) is 64.2 Å². The topological polar surface area (TPSA) is 160 Å². The molecule has 45 heavy (non-hydrogen) atoms. The number of hydrogen-bond acceptors (Lipinski definition) is 9. The van der Waals surface area contributed by atoms with Crippen molar-refractivity contribution in [2.75, 3.05) is 20.3 Å². The molecule has 0 bridgehead atoms. The number of carboxylic acid groups (broad SMARTS) is 2. The van der Waals surface area contributed by atoms with Gasteiger partial charge in [-0.2, -0.15) is 0 Å². The van der Waals surface area contributed by atoms with Gasteiger partial charge in [-0.3, -0.25) is 19.2 Å². The molecule has 1 aromatic heterocycles. The Kier molecular flexibility index (Phi) is 10.4. The molecule has 0 spiro atoms. The molecule has 3 aromatic rings. The van der Waals surface area contributed by atoms with E-state index >= 15 is 8.78 Å². The number of carbonyl (C=O) groups is 4. The quantitative estimate of drug-likeness (QED) is 0.145. The van der Waals surface area contributed by atoms with Crippen LogP contribution in [0.25, 0.3) is 10.1 Å². The maximum absolute atomic E-state index is 15.5. The van der Waals surface area contributed by atoms with Crippen molar-refractivity contribution in [1.82, 2.24) is 4.90 Å². The molecule has 0 saturated heterocycles. The van der Waals surface area contributed by atoms with Gasteiger partial charge in [0.05, 0.1) is 41.7 Å². The van der Waals surface area contributed by atoms with Crippen LogP contribution in [0.4, 0.5) is 8.78 Å². The molecular weight excluding hydrogens is 640 g/mol. The normalized spacial score (nSPS) is 13.8. The number of fused-ring (bicyclic) bond motifs is 2. The molecule has 1 amide bonds. The Balaban J connectivity index is 1.41. The summed E-state index contributed by atoms with van der Waals surface area (Å²) >= 11 is 7.34. The fraction of sp³-hybridized carbons (Fsp3) is 0.400. The minimum atomic E-state index is -1.16. The van der Waals surface area contributed by atoms with Gasteiger partial charge in [0.25, 0.3) is 0 Å². The van der Waals surface area contributed by atoms with Gasteiger partial charge < -0.3 is 34.4 Å². The van der Waals surface area contributed by atoms with Crippen LogP contribution in [0.2, 0.25) is 5.02 Å². The largest absolute Gasteiger partial charge is 0.503 e. The number of benzene rings is 2. The maximum atomic E-state index is 15.5. The smallest absolute Gasteiger partial charge is 0.306 e. The van der Waals surface area contributed by atoms with Crippen molar-refractivity contribution in [2.45, 2.75) is 46.2 Å². The molecule has 0 radical (unpaired) electrons. The third-order valence-electron chi connectivity index (χ3n) is 7.32. The van der Waals surface area contributed by atoms with E-state index in [4.69, 9.17) is 36.0 Å². The highest BCUT2D eigenvalue weighted by molar-refractivity contribution is 7.21. The summed E-state index contributed by atoms with van der Waals surface area (Å²) in [6.45, 7) is 2.10. The van der Waals surface area contributed by atoms with Crippen LogP contribution < -0.4 is 14.2 Å². The molecule has 2 atom stereocenters. The highest BCUT2D eigenvalue weighted by atomic mass is 35.5. The second-order valence-corrected chi connectivity index (χ2v) is 12.1. The molecule has 1 aliphatic rings. The summed E-state index contributed by atoms with van der Waals surface area (Å²) in [7, 11) is 1.14. The molecule has 1 aliphatic heterocycles. The van der Waals surface area contributed by atoms with E-state index in [0.29, 0.717) is 10.1 Å². The van der Waals surface area contributed by atoms with E-state index in [9.17, 15) is 24.3 Å². The number of phenols is 1. The number of Topliss-reactive ketones (excluding diaryl/α,β-unsaturated/α-hetero) is 1. The molecule has 0 fully saturated rings. The summed E-state index contributed by atoms with van der Waals surface area (Å²) < 4.78 is 47.4. The molecule has 2 aromatic carbocycles. The number of ketones is 1. The Bertz CT molecular complexity index is 1680. The molecule has 15 heteroatoms. The first-order valence-electron chi connectivity index (χ1n) is 13.8. The number of aromatic hydroxyl groups is 1. The van der Waals surface area contributed by atoms with Gasteiger partial charge in [0.1, 0.15) is 5.02 Å². The third-order valence-corrected chi connectivity index (χ3v) is 9.01. The Morgan fingerprint density at radius 1 is 0.956 bits per heavy atom. The van der Waals surface area contributed by atoms with Crippen molar-refractivity contribution >= 4 is 56.7 Å². The summed E-state index contributed by atoms with van der Waals surface area (Å²) in [6.07, 6.45) is -0.371. The SMILES string of the molecule is COc1c(F)c2c(c(F)c1OCCCOc1cc3cc(C(=O)C[C@H](C)C(=O)O)sc3c(Cl)c1O)CN(C(=O)C[C@H](C)C(=O)O)C2. The fourth-order valence-electron chi connectivity index (χ4n) is 4.71. The predicted molar refractivity (Wildman–Crippen MR) is 158 cm³/mol. The van der Waals surface area contributed by atoms with Crippen LogP contribution >= 0.6 is 22.9 Å². The van der Waals surface area contributed by atoms with E-state index < -0.39 is 52.8 Å². The molecule has 11 nitrogen and oxygen atoms in total. The molecule has 242 valence electrons. The number of thiophene rings is 1. The summed E-state index contributed by atoms with van der Waals surface area (Å²) in [6, 6.07) is 3.02. The fourth-order valence-corrected chi connectivity index (χ4v) is 6.05. The summed E-state index contributed by atoms with van der Waals surface area (Å²) in [5, 5.41) is 29.2. The molecule has 0 saturated carbocycles. The van der Waals surface area contributed by atoms with Crippen LogP contribution in [0.3, 0.4) is 0 Å². The van der Waals surface area contributed by atoms with Gasteiger partial charge >= 0.3 is 11.9 Å². The van der Waals surface area contributed by atoms with Crippen molar-refractivity contribution < 1.29 is 57.5 Å². The average molecular weight is 670 g/mol. The van der Waals surface area contributed by atoms with E-state index in [1.165, 1.54) is 30.9 Å². The Labute approximate surface area is 264 Å². The predicted octanol–water partition coefficient (Wildman–Crippen LogP) is 5.64. The van der Waals surface area contributed by atoms with Gasteiger partial charge in [-0.05, 0) is 17.5 Å². The van der Waals surface area contributed by atoms with Crippen molar-refractivity contribution in [2.24, 2.45) is 11.8 Å². The van der Waals surface area contributed by atoms with Crippen LogP contribution in [0.5, 0.6) is 23.0 Å². The molecular formula is C30H30ClF2NO10S. The molecule has 4 rings (SSSR count). The lowest BCUT2D eigenvalue weighted by atomic mass is 10.0. The number of hydrogen-bond donors (Lipinski definition) is 3. The zero-order valence-electron chi connectivity index (χ0n) is 24.4. The van der Waals surface area contributed by atoms with Crippen molar-refractivity contribution in [3.8, 4) is 23.0 Å². The molecule has 0 aliphatic carbocycles. The molecule has 2 heterocycles. The maximum Gasteiger partial charge on any atom is 0.306 e. The van der Waals surface area contributed by atoms with Gasteiger partial charge in [0.15, 0.2) is 34.7 Å². The van der Waals surface area contributed by atoms with Gasteiger partial charge in [0, 0.05) is 43.5 Å². The average Bonchev–Trinajstić information content (AvgIpc) is 3.63. The number of halogens is 3. The number of ether oxygens (including phenoxy) is 3. The lowest BCUT2D eigenvalue weighted by molar-refractivity contribution is -0.145. The highest BCUT2D eigenvalue weighted by Gasteiger charge is 2.35. The number of phenolic OH excluding ortho intramolecular Hbond substituents is 1. The first kappa shape index (κ1) is 33.7. The summed E-state index contributed by atoms with van der Waals surface area (Å²) in [5.74, 6) is -8.12. The summed E-state index contributed by atoms with van der Waals surface area (Å²) in [4.78, 5) is 48.7. The van der Waals surface area contributed by atoms with Crippen molar-refractivity contribution in [1.29, 1.82) is 0 Å². The number of amides is 1.